The largest absolute Gasteiger partial charge is 0.355 e. The van der Waals surface area contributed by atoms with E-state index in [0.29, 0.717) is 6.54 Å². The van der Waals surface area contributed by atoms with Gasteiger partial charge in [0.05, 0.1) is 12.2 Å². The molecule has 1 amide bonds. The van der Waals surface area contributed by atoms with E-state index in [1.807, 2.05) is 13.1 Å². The molecule has 15 heavy (non-hydrogen) atoms. The molecule has 0 bridgehead atoms. The SMILES string of the molecule is Cc1[nH]ncc1CCCNC(=O)[C@@H](C)N. The first-order valence-corrected chi connectivity index (χ1v) is 5.13. The third kappa shape index (κ3) is 3.71. The standard InChI is InChI=1S/C10H18N4O/c1-7(11)10(15)12-5-3-4-9-6-13-14-8(9)2/h6-7H,3-5,11H2,1-2H3,(H,12,15)(H,13,14)/t7-/m1/s1. The van der Waals surface area contributed by atoms with Crippen molar-refractivity contribution < 1.29 is 4.79 Å². The van der Waals surface area contributed by atoms with E-state index < -0.39 is 6.04 Å². The lowest BCUT2D eigenvalue weighted by molar-refractivity contribution is -0.121. The van der Waals surface area contributed by atoms with Crippen LogP contribution in [0.2, 0.25) is 0 Å². The Morgan fingerprint density at radius 1 is 1.73 bits per heavy atom. The van der Waals surface area contributed by atoms with Crippen molar-refractivity contribution in [3.8, 4) is 0 Å². The number of aromatic nitrogens is 2. The van der Waals surface area contributed by atoms with Crippen molar-refractivity contribution in [2.75, 3.05) is 6.54 Å². The van der Waals surface area contributed by atoms with Gasteiger partial charge in [-0.25, -0.2) is 0 Å². The molecule has 5 heteroatoms. The number of hydrogen-bond donors (Lipinski definition) is 3. The number of hydrogen-bond acceptors (Lipinski definition) is 3. The van der Waals surface area contributed by atoms with Crippen LogP contribution in [-0.4, -0.2) is 28.7 Å². The molecule has 0 radical (unpaired) electrons. The fourth-order valence-electron chi connectivity index (χ4n) is 1.28. The van der Waals surface area contributed by atoms with Crippen molar-refractivity contribution in [1.29, 1.82) is 0 Å². The summed E-state index contributed by atoms with van der Waals surface area (Å²) in [6, 6.07) is -0.430. The Hall–Kier alpha value is -1.36. The van der Waals surface area contributed by atoms with Gasteiger partial charge < -0.3 is 11.1 Å². The Bertz CT molecular complexity index is 319. The van der Waals surface area contributed by atoms with Crippen LogP contribution in [0.4, 0.5) is 0 Å². The Morgan fingerprint density at radius 3 is 3.00 bits per heavy atom. The molecule has 4 N–H and O–H groups in total. The molecule has 1 aromatic heterocycles. The molecule has 1 atom stereocenters. The minimum absolute atomic E-state index is 0.0982. The lowest BCUT2D eigenvalue weighted by Crippen LogP contribution is -2.38. The summed E-state index contributed by atoms with van der Waals surface area (Å²) in [6.45, 7) is 4.32. The van der Waals surface area contributed by atoms with Gasteiger partial charge in [-0.2, -0.15) is 5.10 Å². The minimum Gasteiger partial charge on any atom is -0.355 e. The highest BCUT2D eigenvalue weighted by molar-refractivity contribution is 5.80. The number of nitrogens with two attached hydrogens (primary N) is 1. The lowest BCUT2D eigenvalue weighted by Gasteiger charge is -2.06. The highest BCUT2D eigenvalue weighted by Gasteiger charge is 2.05. The first kappa shape index (κ1) is 11.7. The molecule has 1 heterocycles. The second-order valence-corrected chi connectivity index (χ2v) is 3.70. The molecule has 0 aliphatic carbocycles. The molecule has 0 saturated heterocycles. The van der Waals surface area contributed by atoms with Crippen molar-refractivity contribution >= 4 is 5.91 Å². The molecule has 84 valence electrons. The van der Waals surface area contributed by atoms with Crippen LogP contribution in [0.25, 0.3) is 0 Å². The van der Waals surface area contributed by atoms with E-state index >= 15 is 0 Å². The summed E-state index contributed by atoms with van der Waals surface area (Å²) < 4.78 is 0. The quantitative estimate of drug-likeness (QED) is 0.603. The fourth-order valence-corrected chi connectivity index (χ4v) is 1.28. The lowest BCUT2D eigenvalue weighted by atomic mass is 10.1. The van der Waals surface area contributed by atoms with Crippen LogP contribution in [0, 0.1) is 6.92 Å². The zero-order valence-electron chi connectivity index (χ0n) is 9.21. The van der Waals surface area contributed by atoms with Gasteiger partial charge in [0.25, 0.3) is 0 Å². The summed E-state index contributed by atoms with van der Waals surface area (Å²) in [4.78, 5) is 11.1. The molecule has 0 unspecified atom stereocenters. The molecule has 0 spiro atoms. The van der Waals surface area contributed by atoms with Crippen molar-refractivity contribution in [3.05, 3.63) is 17.5 Å². The van der Waals surface area contributed by atoms with Crippen LogP contribution >= 0.6 is 0 Å². The Labute approximate surface area is 89.4 Å². The summed E-state index contributed by atoms with van der Waals surface area (Å²) in [7, 11) is 0. The summed E-state index contributed by atoms with van der Waals surface area (Å²) in [5.41, 5.74) is 7.70. The average molecular weight is 210 g/mol. The molecular weight excluding hydrogens is 192 g/mol. The summed E-state index contributed by atoms with van der Waals surface area (Å²) >= 11 is 0. The van der Waals surface area contributed by atoms with Gasteiger partial charge in [0, 0.05) is 12.2 Å². The van der Waals surface area contributed by atoms with E-state index in [2.05, 4.69) is 15.5 Å². The highest BCUT2D eigenvalue weighted by atomic mass is 16.2. The Kier molecular flexibility index (Phi) is 4.30. The van der Waals surface area contributed by atoms with Crippen molar-refractivity contribution in [1.82, 2.24) is 15.5 Å². The molecule has 0 fully saturated rings. The molecule has 0 aromatic carbocycles. The van der Waals surface area contributed by atoms with E-state index in [4.69, 9.17) is 5.73 Å². The molecule has 0 saturated carbocycles. The zero-order chi connectivity index (χ0) is 11.3. The second-order valence-electron chi connectivity index (χ2n) is 3.70. The Balaban J connectivity index is 2.18. The van der Waals surface area contributed by atoms with Crippen molar-refractivity contribution in [3.63, 3.8) is 0 Å². The van der Waals surface area contributed by atoms with Crippen LogP contribution in [0.5, 0.6) is 0 Å². The topological polar surface area (TPSA) is 83.8 Å². The van der Waals surface area contributed by atoms with E-state index in [9.17, 15) is 4.79 Å². The smallest absolute Gasteiger partial charge is 0.236 e. The fraction of sp³-hybridized carbons (Fsp3) is 0.600. The summed E-state index contributed by atoms with van der Waals surface area (Å²) in [5, 5.41) is 9.58. The molecule has 0 aliphatic rings. The predicted molar refractivity (Wildman–Crippen MR) is 58.3 cm³/mol. The first-order valence-electron chi connectivity index (χ1n) is 5.13. The maximum atomic E-state index is 11.1. The van der Waals surface area contributed by atoms with Gasteiger partial charge in [0.2, 0.25) is 5.91 Å². The van der Waals surface area contributed by atoms with Crippen LogP contribution in [0.1, 0.15) is 24.6 Å². The Morgan fingerprint density at radius 2 is 2.47 bits per heavy atom. The van der Waals surface area contributed by atoms with Crippen LogP contribution in [-0.2, 0) is 11.2 Å². The number of rotatable bonds is 5. The van der Waals surface area contributed by atoms with Gasteiger partial charge in [0.1, 0.15) is 0 Å². The monoisotopic (exact) mass is 210 g/mol. The van der Waals surface area contributed by atoms with Gasteiger partial charge in [-0.1, -0.05) is 0 Å². The molecule has 1 rings (SSSR count). The van der Waals surface area contributed by atoms with Gasteiger partial charge in [-0.15, -0.1) is 0 Å². The minimum atomic E-state index is -0.430. The zero-order valence-corrected chi connectivity index (χ0v) is 9.21. The first-order chi connectivity index (χ1) is 7.11. The number of H-pyrrole nitrogens is 1. The van der Waals surface area contributed by atoms with E-state index in [0.717, 1.165) is 18.5 Å². The van der Waals surface area contributed by atoms with Crippen LogP contribution in [0.3, 0.4) is 0 Å². The van der Waals surface area contributed by atoms with E-state index in [1.54, 1.807) is 6.92 Å². The average Bonchev–Trinajstić information content (AvgIpc) is 2.58. The number of carbonyl (C=O) groups excluding carboxylic acids is 1. The van der Waals surface area contributed by atoms with Gasteiger partial charge in [-0.05, 0) is 32.3 Å². The van der Waals surface area contributed by atoms with E-state index in [-0.39, 0.29) is 5.91 Å². The predicted octanol–water partition coefficient (Wildman–Crippen LogP) is 0.114. The van der Waals surface area contributed by atoms with Crippen molar-refractivity contribution in [2.24, 2.45) is 5.73 Å². The summed E-state index contributed by atoms with van der Waals surface area (Å²) in [6.07, 6.45) is 3.64. The maximum absolute atomic E-state index is 11.1. The van der Waals surface area contributed by atoms with Crippen molar-refractivity contribution in [2.45, 2.75) is 32.7 Å². The third-order valence-corrected chi connectivity index (χ3v) is 2.27. The number of aryl methyl sites for hydroxylation is 2. The number of carbonyl (C=O) groups is 1. The van der Waals surface area contributed by atoms with Gasteiger partial charge in [0.15, 0.2) is 0 Å². The van der Waals surface area contributed by atoms with Crippen LogP contribution in [0.15, 0.2) is 6.20 Å². The van der Waals surface area contributed by atoms with Gasteiger partial charge in [-0.3, -0.25) is 9.89 Å². The van der Waals surface area contributed by atoms with E-state index in [1.165, 1.54) is 5.56 Å². The number of nitrogens with one attached hydrogen (secondary N) is 2. The normalized spacial score (nSPS) is 12.5. The second kappa shape index (κ2) is 5.50. The highest BCUT2D eigenvalue weighted by Crippen LogP contribution is 2.04. The van der Waals surface area contributed by atoms with Gasteiger partial charge >= 0.3 is 0 Å². The number of aromatic amines is 1. The number of nitrogens with zero attached hydrogens (tertiary/aromatic N) is 1. The maximum Gasteiger partial charge on any atom is 0.236 e. The third-order valence-electron chi connectivity index (χ3n) is 2.27. The molecule has 1 aromatic rings. The van der Waals surface area contributed by atoms with Crippen LogP contribution < -0.4 is 11.1 Å². The number of amides is 1. The molecule has 0 aliphatic heterocycles. The molecule has 5 nitrogen and oxygen atoms in total. The molecular formula is C10H18N4O. The summed E-state index contributed by atoms with van der Waals surface area (Å²) in [5.74, 6) is -0.0982.